The molecule has 0 radical (unpaired) electrons. The van der Waals surface area contributed by atoms with Crippen molar-refractivity contribution in [3.8, 4) is 0 Å². The first-order valence-corrected chi connectivity index (χ1v) is 26.0. The van der Waals surface area contributed by atoms with Crippen LogP contribution in [0.2, 0.25) is 0 Å². The molecule has 0 N–H and O–H groups in total. The molecular weight excluding hydrogens is 735 g/mol. The average Bonchev–Trinajstić information content (AvgIpc) is 3.60. The van der Waals surface area contributed by atoms with Crippen LogP contribution in [0.3, 0.4) is 0 Å². The van der Waals surface area contributed by atoms with E-state index in [1.54, 1.807) is 0 Å². The van der Waals surface area contributed by atoms with Crippen molar-refractivity contribution in [3.05, 3.63) is 0 Å². The number of nitrogens with zero attached hydrogens (tertiary/aromatic N) is 1. The lowest BCUT2D eigenvalue weighted by molar-refractivity contribution is -0.180. The molecule has 1 fully saturated rings. The van der Waals surface area contributed by atoms with E-state index in [1.165, 1.54) is 167 Å². The van der Waals surface area contributed by atoms with Crippen LogP contribution in [0.5, 0.6) is 0 Å². The molecule has 0 aliphatic carbocycles. The van der Waals surface area contributed by atoms with Gasteiger partial charge >= 0.3 is 11.9 Å². The maximum Gasteiger partial charge on any atom is 0.306 e. The van der Waals surface area contributed by atoms with E-state index in [0.717, 1.165) is 57.9 Å². The number of carbonyl (C=O) groups is 2. The monoisotopic (exact) mass is 836 g/mol. The summed E-state index contributed by atoms with van der Waals surface area (Å²) in [7, 11) is 4.23. The van der Waals surface area contributed by atoms with E-state index in [-0.39, 0.29) is 18.0 Å². The van der Waals surface area contributed by atoms with Gasteiger partial charge in [-0.3, -0.25) is 9.59 Å². The quantitative estimate of drug-likeness (QED) is 0.0447. The van der Waals surface area contributed by atoms with Crippen molar-refractivity contribution < 1.29 is 28.5 Å². The van der Waals surface area contributed by atoms with E-state index in [1.807, 2.05) is 0 Å². The zero-order valence-electron chi connectivity index (χ0n) is 40.4. The van der Waals surface area contributed by atoms with Gasteiger partial charge in [0.05, 0.1) is 25.9 Å². The van der Waals surface area contributed by atoms with E-state index in [9.17, 15) is 9.59 Å². The Kier molecular flexibility index (Phi) is 37.5. The lowest BCUT2D eigenvalue weighted by Crippen LogP contribution is -2.33. The van der Waals surface area contributed by atoms with Gasteiger partial charge in [-0.2, -0.15) is 0 Å². The molecule has 1 heterocycles. The van der Waals surface area contributed by atoms with E-state index in [2.05, 4.69) is 46.7 Å². The third-order valence-electron chi connectivity index (χ3n) is 12.7. The maximum atomic E-state index is 12.5. The highest BCUT2D eigenvalue weighted by Crippen LogP contribution is 2.35. The van der Waals surface area contributed by atoms with Crippen LogP contribution in [-0.4, -0.2) is 69.2 Å². The van der Waals surface area contributed by atoms with Gasteiger partial charge in [-0.1, -0.05) is 182 Å². The molecule has 1 atom stereocenters. The summed E-state index contributed by atoms with van der Waals surface area (Å²) in [6, 6.07) is 0. The molecule has 59 heavy (non-hydrogen) atoms. The number of rotatable bonds is 44. The zero-order valence-corrected chi connectivity index (χ0v) is 40.4. The lowest BCUT2D eigenvalue weighted by Gasteiger charge is -2.29. The summed E-state index contributed by atoms with van der Waals surface area (Å²) in [5, 5.41) is 0. The van der Waals surface area contributed by atoms with Crippen LogP contribution in [-0.2, 0) is 28.5 Å². The van der Waals surface area contributed by atoms with Gasteiger partial charge in [0.15, 0.2) is 5.79 Å². The Morgan fingerprint density at radius 2 is 0.847 bits per heavy atom. The summed E-state index contributed by atoms with van der Waals surface area (Å²) in [4.78, 5) is 27.2. The summed E-state index contributed by atoms with van der Waals surface area (Å²) in [5.74, 6) is 0.668. The third-order valence-corrected chi connectivity index (χ3v) is 12.7. The first-order valence-electron chi connectivity index (χ1n) is 26.0. The molecule has 1 aliphatic rings. The number of esters is 2. The van der Waals surface area contributed by atoms with Gasteiger partial charge in [-0.05, 0) is 77.3 Å². The Morgan fingerprint density at radius 3 is 1.19 bits per heavy atom. The van der Waals surface area contributed by atoms with Crippen LogP contribution in [0.15, 0.2) is 0 Å². The van der Waals surface area contributed by atoms with Gasteiger partial charge in [0, 0.05) is 32.2 Å². The Labute approximate surface area is 367 Å². The fourth-order valence-corrected chi connectivity index (χ4v) is 9.01. The van der Waals surface area contributed by atoms with E-state index in [0.29, 0.717) is 44.5 Å². The second kappa shape index (κ2) is 39.7. The molecule has 7 nitrogen and oxygen atoms in total. The van der Waals surface area contributed by atoms with Gasteiger partial charge in [0.25, 0.3) is 0 Å². The second-order valence-electron chi connectivity index (χ2n) is 18.9. The molecule has 1 saturated heterocycles. The molecule has 1 rings (SSSR count). The minimum Gasteiger partial charge on any atom is -0.466 e. The minimum atomic E-state index is -0.397. The van der Waals surface area contributed by atoms with Gasteiger partial charge < -0.3 is 23.8 Å². The molecule has 0 aromatic carbocycles. The number of unbranched alkanes of at least 4 members (excludes halogenated alkanes) is 22. The molecule has 1 aliphatic heterocycles. The fourth-order valence-electron chi connectivity index (χ4n) is 9.01. The van der Waals surface area contributed by atoms with Crippen LogP contribution >= 0.6 is 0 Å². The number of carbonyl (C=O) groups excluding carboxylic acids is 2. The molecule has 350 valence electrons. The van der Waals surface area contributed by atoms with Gasteiger partial charge in [-0.15, -0.1) is 0 Å². The van der Waals surface area contributed by atoms with Crippen molar-refractivity contribution in [3.63, 3.8) is 0 Å². The van der Waals surface area contributed by atoms with Crippen molar-refractivity contribution in [1.82, 2.24) is 4.90 Å². The molecule has 0 amide bonds. The second-order valence-corrected chi connectivity index (χ2v) is 18.9. The normalized spacial score (nSPS) is 15.2. The summed E-state index contributed by atoms with van der Waals surface area (Å²) in [6.07, 6.45) is 42.2. The molecule has 1 unspecified atom stereocenters. The van der Waals surface area contributed by atoms with Crippen LogP contribution in [0.25, 0.3) is 0 Å². The van der Waals surface area contributed by atoms with E-state index >= 15 is 0 Å². The molecule has 0 bridgehead atoms. The number of hydrogen-bond donors (Lipinski definition) is 0. The predicted octanol–water partition coefficient (Wildman–Crippen LogP) is 15.1. The van der Waals surface area contributed by atoms with Crippen LogP contribution in [0.4, 0.5) is 0 Å². The first kappa shape index (κ1) is 55.8. The largest absolute Gasteiger partial charge is 0.466 e. The van der Waals surface area contributed by atoms with Crippen LogP contribution < -0.4 is 0 Å². The molecular formula is C52H101NO6. The molecule has 7 heteroatoms. The number of hydrogen-bond acceptors (Lipinski definition) is 7. The lowest BCUT2D eigenvalue weighted by atomic mass is 9.92. The smallest absolute Gasteiger partial charge is 0.306 e. The molecule has 0 aromatic rings. The average molecular weight is 836 g/mol. The highest BCUT2D eigenvalue weighted by Gasteiger charge is 2.40. The summed E-state index contributed by atoms with van der Waals surface area (Å²) in [6.45, 7) is 11.8. The van der Waals surface area contributed by atoms with Crippen molar-refractivity contribution in [2.75, 3.05) is 40.5 Å². The summed E-state index contributed by atoms with van der Waals surface area (Å²) in [5.41, 5.74) is 0. The van der Waals surface area contributed by atoms with Crippen LogP contribution in [0, 0.1) is 11.8 Å². The topological polar surface area (TPSA) is 74.3 Å². The molecule has 0 spiro atoms. The highest BCUT2D eigenvalue weighted by atomic mass is 16.7. The zero-order chi connectivity index (χ0) is 43.1. The number of likely N-dealkylation sites (N-methyl/N-ethyl adjacent to an activating group) is 1. The Balaban J connectivity index is 2.18. The number of ether oxygens (including phenoxy) is 4. The van der Waals surface area contributed by atoms with E-state index in [4.69, 9.17) is 18.9 Å². The Hall–Kier alpha value is -1.18. The Bertz CT molecular complexity index is 862. The molecule has 0 saturated carbocycles. The van der Waals surface area contributed by atoms with Gasteiger partial charge in [0.1, 0.15) is 0 Å². The SMILES string of the molecule is CCCCCC(CCCCC)CC(=O)OCCCCCCCCCCC1(CCCCCCCCCCOC(=O)CC(CCCCC)CCCCC)OCC(CN(C)C)O1. The maximum absolute atomic E-state index is 12.5. The predicted molar refractivity (Wildman–Crippen MR) is 250 cm³/mol. The van der Waals surface area contributed by atoms with Crippen molar-refractivity contribution in [1.29, 1.82) is 0 Å². The first-order chi connectivity index (χ1) is 28.8. The van der Waals surface area contributed by atoms with Crippen LogP contribution in [0.1, 0.15) is 259 Å². The molecule has 0 aromatic heterocycles. The van der Waals surface area contributed by atoms with Crippen molar-refractivity contribution >= 4 is 11.9 Å². The summed E-state index contributed by atoms with van der Waals surface area (Å²) >= 11 is 0. The summed E-state index contributed by atoms with van der Waals surface area (Å²) < 4.78 is 24.4. The Morgan fingerprint density at radius 1 is 0.508 bits per heavy atom. The third kappa shape index (κ3) is 33.1. The van der Waals surface area contributed by atoms with Crippen molar-refractivity contribution in [2.45, 2.75) is 271 Å². The van der Waals surface area contributed by atoms with Gasteiger partial charge in [-0.25, -0.2) is 0 Å². The highest BCUT2D eigenvalue weighted by molar-refractivity contribution is 5.70. The van der Waals surface area contributed by atoms with Gasteiger partial charge in [0.2, 0.25) is 0 Å². The minimum absolute atomic E-state index is 0.0252. The van der Waals surface area contributed by atoms with E-state index < -0.39 is 5.79 Å². The van der Waals surface area contributed by atoms with Crippen molar-refractivity contribution in [2.24, 2.45) is 11.8 Å². The fraction of sp³-hybridized carbons (Fsp3) is 0.962. The standard InChI is InChI=1S/C52H101NO6/c1-7-11-27-35-47(36-28-12-8-2)43-50(54)56-41-33-25-21-17-15-19-23-31-39-52(58-46-49(59-52)45-53(5)6)40-32-24-20-16-18-22-26-34-42-57-51(55)44-48(37-29-13-9-3)38-30-14-10-4/h47-49H,7-46H2,1-6H3.